The van der Waals surface area contributed by atoms with Gasteiger partial charge in [0.25, 0.3) is 5.91 Å². The van der Waals surface area contributed by atoms with Gasteiger partial charge in [0.05, 0.1) is 27.4 Å². The zero-order valence-electron chi connectivity index (χ0n) is 20.8. The highest BCUT2D eigenvalue weighted by Gasteiger charge is 2.24. The standard InChI is InChI=1S/C29H27Cl2N5O2/c30-22-10-7-20(8-11-22)27-25(6-2-1-3-18-37)33-26-19-21(9-12-24(26)34-27)29(38)36-16-14-35(15-17-36)28-23(31)5-4-13-32-28/h4-5,7-13,18-19H,1-3,6,14-17H2. The molecule has 0 N–H and O–H groups in total. The van der Waals surface area contributed by atoms with Crippen LogP contribution in [-0.4, -0.2) is 58.2 Å². The second kappa shape index (κ2) is 11.9. The van der Waals surface area contributed by atoms with Gasteiger partial charge in [-0.15, -0.1) is 0 Å². The number of hydrogen-bond donors (Lipinski definition) is 0. The largest absolute Gasteiger partial charge is 0.352 e. The van der Waals surface area contributed by atoms with Crippen molar-refractivity contribution in [2.45, 2.75) is 25.7 Å². The topological polar surface area (TPSA) is 79.3 Å². The number of amides is 1. The van der Waals surface area contributed by atoms with Crippen LogP contribution in [0.25, 0.3) is 22.3 Å². The summed E-state index contributed by atoms with van der Waals surface area (Å²) in [5, 5.41) is 1.27. The summed E-state index contributed by atoms with van der Waals surface area (Å²) in [6, 6.07) is 16.7. The number of carbonyl (C=O) groups excluding carboxylic acids is 2. The van der Waals surface area contributed by atoms with Crippen molar-refractivity contribution in [2.75, 3.05) is 31.1 Å². The maximum Gasteiger partial charge on any atom is 0.254 e. The molecule has 0 spiro atoms. The maximum absolute atomic E-state index is 13.4. The maximum atomic E-state index is 13.4. The molecule has 4 aromatic rings. The van der Waals surface area contributed by atoms with Crippen molar-refractivity contribution in [3.05, 3.63) is 82.1 Å². The summed E-state index contributed by atoms with van der Waals surface area (Å²) in [7, 11) is 0. The first-order valence-electron chi connectivity index (χ1n) is 12.7. The molecule has 0 radical (unpaired) electrons. The molecule has 0 unspecified atom stereocenters. The van der Waals surface area contributed by atoms with E-state index in [1.807, 2.05) is 59.5 Å². The minimum Gasteiger partial charge on any atom is -0.352 e. The van der Waals surface area contributed by atoms with Gasteiger partial charge >= 0.3 is 0 Å². The lowest BCUT2D eigenvalue weighted by molar-refractivity contribution is -0.107. The second-order valence-corrected chi connectivity index (χ2v) is 10.1. The Labute approximate surface area is 231 Å². The van der Waals surface area contributed by atoms with Gasteiger partial charge in [-0.2, -0.15) is 0 Å². The number of pyridine rings is 1. The van der Waals surface area contributed by atoms with Crippen molar-refractivity contribution in [3.8, 4) is 11.3 Å². The first-order chi connectivity index (χ1) is 18.5. The van der Waals surface area contributed by atoms with E-state index in [-0.39, 0.29) is 5.91 Å². The lowest BCUT2D eigenvalue weighted by Crippen LogP contribution is -2.49. The third-order valence-corrected chi connectivity index (χ3v) is 7.24. The molecule has 1 amide bonds. The fourth-order valence-corrected chi connectivity index (χ4v) is 5.04. The number of carbonyl (C=O) groups is 2. The van der Waals surface area contributed by atoms with E-state index in [0.29, 0.717) is 60.1 Å². The zero-order chi connectivity index (χ0) is 26.5. The van der Waals surface area contributed by atoms with Gasteiger partial charge in [-0.3, -0.25) is 4.79 Å². The van der Waals surface area contributed by atoms with Gasteiger partial charge in [0, 0.05) is 54.9 Å². The third-order valence-electron chi connectivity index (χ3n) is 6.69. The quantitative estimate of drug-likeness (QED) is 0.202. The van der Waals surface area contributed by atoms with Crippen LogP contribution in [-0.2, 0) is 11.2 Å². The Bertz CT molecular complexity index is 1450. The Morgan fingerprint density at radius 3 is 2.45 bits per heavy atom. The predicted octanol–water partition coefficient (Wildman–Crippen LogP) is 5.87. The average Bonchev–Trinajstić information content (AvgIpc) is 2.95. The van der Waals surface area contributed by atoms with Gasteiger partial charge in [0.1, 0.15) is 12.1 Å². The lowest BCUT2D eigenvalue weighted by Gasteiger charge is -2.35. The van der Waals surface area contributed by atoms with Gasteiger partial charge in [-0.1, -0.05) is 35.3 Å². The number of anilines is 1. The minimum absolute atomic E-state index is 0.0326. The molecule has 194 valence electrons. The van der Waals surface area contributed by atoms with Crippen LogP contribution in [0.15, 0.2) is 60.8 Å². The Hall–Kier alpha value is -3.55. The van der Waals surface area contributed by atoms with E-state index in [1.165, 1.54) is 0 Å². The minimum atomic E-state index is -0.0326. The Balaban J connectivity index is 1.38. The molecule has 1 saturated heterocycles. The molecule has 0 atom stereocenters. The summed E-state index contributed by atoms with van der Waals surface area (Å²) in [6.45, 7) is 2.47. The van der Waals surface area contributed by atoms with Gasteiger partial charge in [-0.05, 0) is 61.7 Å². The molecule has 38 heavy (non-hydrogen) atoms. The SMILES string of the molecule is O=CCCCCc1nc2cc(C(=O)N3CCN(c4ncccc4Cl)CC3)ccc2nc1-c1ccc(Cl)cc1. The second-order valence-electron chi connectivity index (χ2n) is 9.23. The van der Waals surface area contributed by atoms with Crippen molar-refractivity contribution >= 4 is 52.2 Å². The van der Waals surface area contributed by atoms with Gasteiger partial charge < -0.3 is 14.6 Å². The number of piperazine rings is 1. The number of rotatable bonds is 8. The summed E-state index contributed by atoms with van der Waals surface area (Å²) < 4.78 is 0. The molecular formula is C29H27Cl2N5O2. The Morgan fingerprint density at radius 2 is 1.71 bits per heavy atom. The number of unbranched alkanes of at least 4 members (excludes halogenated alkanes) is 2. The van der Waals surface area contributed by atoms with Crippen LogP contribution < -0.4 is 4.90 Å². The van der Waals surface area contributed by atoms with Crippen molar-refractivity contribution in [3.63, 3.8) is 0 Å². The molecular weight excluding hydrogens is 521 g/mol. The van der Waals surface area contributed by atoms with E-state index in [0.717, 1.165) is 47.4 Å². The number of fused-ring (bicyclic) bond motifs is 1. The Kier molecular flexibility index (Phi) is 8.15. The van der Waals surface area contributed by atoms with Crippen molar-refractivity contribution in [2.24, 2.45) is 0 Å². The Morgan fingerprint density at radius 1 is 0.921 bits per heavy atom. The fraction of sp³-hybridized carbons (Fsp3) is 0.276. The molecule has 2 aromatic carbocycles. The normalized spacial score (nSPS) is 13.6. The first kappa shape index (κ1) is 26.1. The van der Waals surface area contributed by atoms with Crippen LogP contribution in [0.1, 0.15) is 35.3 Å². The smallest absolute Gasteiger partial charge is 0.254 e. The number of benzene rings is 2. The number of aryl methyl sites for hydroxylation is 1. The molecule has 9 heteroatoms. The van der Waals surface area contributed by atoms with Crippen LogP contribution in [0.2, 0.25) is 10.0 Å². The average molecular weight is 548 g/mol. The van der Waals surface area contributed by atoms with Crippen LogP contribution in [0.4, 0.5) is 5.82 Å². The molecule has 2 aromatic heterocycles. The summed E-state index contributed by atoms with van der Waals surface area (Å²) in [4.78, 5) is 42.3. The third kappa shape index (κ3) is 5.79. The zero-order valence-corrected chi connectivity index (χ0v) is 22.3. The molecule has 1 aliphatic heterocycles. The van der Waals surface area contributed by atoms with E-state index in [1.54, 1.807) is 6.20 Å². The van der Waals surface area contributed by atoms with Gasteiger partial charge in [-0.25, -0.2) is 15.0 Å². The number of nitrogens with zero attached hydrogens (tertiary/aromatic N) is 5. The predicted molar refractivity (Wildman–Crippen MR) is 151 cm³/mol. The van der Waals surface area contributed by atoms with E-state index in [9.17, 15) is 9.59 Å². The van der Waals surface area contributed by atoms with E-state index in [2.05, 4.69) is 9.88 Å². The molecule has 5 rings (SSSR count). The van der Waals surface area contributed by atoms with Crippen molar-refractivity contribution in [1.82, 2.24) is 19.9 Å². The van der Waals surface area contributed by atoms with Crippen LogP contribution in [0.3, 0.4) is 0 Å². The molecule has 3 heterocycles. The molecule has 1 fully saturated rings. The van der Waals surface area contributed by atoms with Crippen LogP contribution >= 0.6 is 23.2 Å². The van der Waals surface area contributed by atoms with Crippen molar-refractivity contribution in [1.29, 1.82) is 0 Å². The van der Waals surface area contributed by atoms with E-state index < -0.39 is 0 Å². The van der Waals surface area contributed by atoms with Gasteiger partial charge in [0.15, 0.2) is 0 Å². The molecule has 7 nitrogen and oxygen atoms in total. The van der Waals surface area contributed by atoms with E-state index >= 15 is 0 Å². The molecule has 0 aliphatic carbocycles. The first-order valence-corrected chi connectivity index (χ1v) is 13.4. The lowest BCUT2D eigenvalue weighted by atomic mass is 10.0. The monoisotopic (exact) mass is 547 g/mol. The highest BCUT2D eigenvalue weighted by Crippen LogP contribution is 2.28. The van der Waals surface area contributed by atoms with Crippen LogP contribution in [0, 0.1) is 0 Å². The summed E-state index contributed by atoms with van der Waals surface area (Å²) in [5.74, 6) is 0.717. The number of hydrogen-bond acceptors (Lipinski definition) is 6. The fourth-order valence-electron chi connectivity index (χ4n) is 4.67. The summed E-state index contributed by atoms with van der Waals surface area (Å²) in [6.07, 6.45) is 5.49. The van der Waals surface area contributed by atoms with E-state index in [4.69, 9.17) is 33.2 Å². The van der Waals surface area contributed by atoms with Gasteiger partial charge in [0.2, 0.25) is 0 Å². The number of halogens is 2. The molecule has 0 bridgehead atoms. The van der Waals surface area contributed by atoms with Crippen LogP contribution in [0.5, 0.6) is 0 Å². The number of aromatic nitrogens is 3. The summed E-state index contributed by atoms with van der Waals surface area (Å²) >= 11 is 12.4. The summed E-state index contributed by atoms with van der Waals surface area (Å²) in [5.41, 5.74) is 4.55. The number of aldehydes is 1. The van der Waals surface area contributed by atoms with Crippen molar-refractivity contribution < 1.29 is 9.59 Å². The molecule has 0 saturated carbocycles. The highest BCUT2D eigenvalue weighted by atomic mass is 35.5. The molecule has 1 aliphatic rings. The highest BCUT2D eigenvalue weighted by molar-refractivity contribution is 6.33.